The molecule has 6 heteroatoms. The van der Waals surface area contributed by atoms with Crippen molar-refractivity contribution in [1.82, 2.24) is 5.32 Å². The van der Waals surface area contributed by atoms with E-state index in [1.54, 1.807) is 6.07 Å². The van der Waals surface area contributed by atoms with Gasteiger partial charge in [0, 0.05) is 12.5 Å². The third kappa shape index (κ3) is 3.57. The molecule has 1 fully saturated rings. The van der Waals surface area contributed by atoms with E-state index < -0.39 is 5.97 Å². The second-order valence-electron chi connectivity index (χ2n) is 4.69. The maximum Gasteiger partial charge on any atom is 0.371 e. The molecule has 104 valence electrons. The number of hydrogen-bond donors (Lipinski definition) is 2. The molecule has 1 saturated heterocycles. The van der Waals surface area contributed by atoms with Crippen molar-refractivity contribution in [3.63, 3.8) is 0 Å². The summed E-state index contributed by atoms with van der Waals surface area (Å²) < 4.78 is 10.5. The molecule has 0 spiro atoms. The van der Waals surface area contributed by atoms with E-state index in [0.717, 1.165) is 0 Å². The lowest BCUT2D eigenvalue weighted by atomic mass is 9.95. The lowest BCUT2D eigenvalue weighted by Crippen LogP contribution is -2.36. The zero-order valence-electron chi connectivity index (χ0n) is 10.7. The summed E-state index contributed by atoms with van der Waals surface area (Å²) in [6.07, 6.45) is 1.53. The van der Waals surface area contributed by atoms with E-state index in [1.165, 1.54) is 6.07 Å². The highest BCUT2D eigenvalue weighted by atomic mass is 16.5. The van der Waals surface area contributed by atoms with E-state index in [9.17, 15) is 9.59 Å². The molecule has 0 bridgehead atoms. The molecule has 2 N–H and O–H groups in total. The average molecular weight is 267 g/mol. The molecule has 1 amide bonds. The van der Waals surface area contributed by atoms with Crippen LogP contribution in [0.1, 0.15) is 36.1 Å². The van der Waals surface area contributed by atoms with E-state index in [0.29, 0.717) is 25.2 Å². The smallest absolute Gasteiger partial charge is 0.371 e. The first-order valence-electron chi connectivity index (χ1n) is 6.27. The van der Waals surface area contributed by atoms with Crippen molar-refractivity contribution in [1.29, 1.82) is 0 Å². The predicted molar refractivity (Wildman–Crippen MR) is 65.7 cm³/mol. The summed E-state index contributed by atoms with van der Waals surface area (Å²) in [4.78, 5) is 22.6. The van der Waals surface area contributed by atoms with Crippen LogP contribution < -0.4 is 5.32 Å². The molecule has 0 saturated carbocycles. The maximum absolute atomic E-state index is 11.9. The summed E-state index contributed by atoms with van der Waals surface area (Å²) in [6.45, 7) is 2.76. The molecule has 0 aliphatic carbocycles. The Morgan fingerprint density at radius 1 is 1.47 bits per heavy atom. The van der Waals surface area contributed by atoms with Gasteiger partial charge >= 0.3 is 5.97 Å². The van der Waals surface area contributed by atoms with Gasteiger partial charge < -0.3 is 19.6 Å². The first-order chi connectivity index (χ1) is 9.06. The van der Waals surface area contributed by atoms with Crippen molar-refractivity contribution in [3.8, 4) is 0 Å². The second kappa shape index (κ2) is 5.88. The molecule has 0 aromatic carbocycles. The lowest BCUT2D eigenvalue weighted by molar-refractivity contribution is -0.129. The molecule has 0 radical (unpaired) electrons. The minimum absolute atomic E-state index is 0.0385. The SMILES string of the molecule is C[C@@H]1C[C@@H](C(=O)NCc2ccc(C(=O)O)o2)CCO1. The Hall–Kier alpha value is -1.82. The summed E-state index contributed by atoms with van der Waals surface area (Å²) in [7, 11) is 0. The summed E-state index contributed by atoms with van der Waals surface area (Å²) in [5.74, 6) is -0.883. The van der Waals surface area contributed by atoms with Crippen LogP contribution in [0.3, 0.4) is 0 Å². The van der Waals surface area contributed by atoms with Crippen LogP contribution in [0.4, 0.5) is 0 Å². The first kappa shape index (κ1) is 13.6. The third-order valence-electron chi connectivity index (χ3n) is 3.17. The Bertz CT molecular complexity index is 467. The molecule has 1 aliphatic rings. The monoisotopic (exact) mass is 267 g/mol. The Balaban J connectivity index is 1.84. The normalized spacial score (nSPS) is 23.0. The number of carbonyl (C=O) groups excluding carboxylic acids is 1. The van der Waals surface area contributed by atoms with Gasteiger partial charge in [-0.2, -0.15) is 0 Å². The topological polar surface area (TPSA) is 88.8 Å². The molecule has 2 atom stereocenters. The summed E-state index contributed by atoms with van der Waals surface area (Å²) >= 11 is 0. The fourth-order valence-corrected chi connectivity index (χ4v) is 2.14. The molecule has 19 heavy (non-hydrogen) atoms. The Morgan fingerprint density at radius 2 is 2.26 bits per heavy atom. The average Bonchev–Trinajstić information content (AvgIpc) is 2.85. The van der Waals surface area contributed by atoms with E-state index in [1.807, 2.05) is 6.92 Å². The Morgan fingerprint density at radius 3 is 2.89 bits per heavy atom. The minimum atomic E-state index is -1.11. The fraction of sp³-hybridized carbons (Fsp3) is 0.538. The van der Waals surface area contributed by atoms with Crippen molar-refractivity contribution < 1.29 is 23.8 Å². The highest BCUT2D eigenvalue weighted by Gasteiger charge is 2.25. The number of ether oxygens (including phenoxy) is 1. The number of carboxylic acid groups (broad SMARTS) is 1. The van der Waals surface area contributed by atoms with Gasteiger partial charge in [0.05, 0.1) is 12.6 Å². The molecule has 1 aliphatic heterocycles. The minimum Gasteiger partial charge on any atom is -0.475 e. The van der Waals surface area contributed by atoms with Gasteiger partial charge in [-0.15, -0.1) is 0 Å². The van der Waals surface area contributed by atoms with Crippen LogP contribution in [0.15, 0.2) is 16.5 Å². The van der Waals surface area contributed by atoms with Gasteiger partial charge in [0.2, 0.25) is 11.7 Å². The molecule has 1 aromatic rings. The number of hydrogen-bond acceptors (Lipinski definition) is 4. The molecular formula is C13H17NO5. The van der Waals surface area contributed by atoms with Crippen LogP contribution in [0.5, 0.6) is 0 Å². The zero-order chi connectivity index (χ0) is 13.8. The van der Waals surface area contributed by atoms with E-state index in [4.69, 9.17) is 14.3 Å². The van der Waals surface area contributed by atoms with Crippen LogP contribution in [-0.4, -0.2) is 29.7 Å². The second-order valence-corrected chi connectivity index (χ2v) is 4.69. The van der Waals surface area contributed by atoms with Crippen LogP contribution in [0.2, 0.25) is 0 Å². The molecule has 2 rings (SSSR count). The summed E-state index contributed by atoms with van der Waals surface area (Å²) in [6, 6.07) is 2.93. The number of carboxylic acids is 1. The van der Waals surface area contributed by atoms with Crippen molar-refractivity contribution >= 4 is 11.9 Å². The quantitative estimate of drug-likeness (QED) is 0.861. The van der Waals surface area contributed by atoms with Gasteiger partial charge in [0.25, 0.3) is 0 Å². The molecule has 6 nitrogen and oxygen atoms in total. The largest absolute Gasteiger partial charge is 0.475 e. The highest BCUT2D eigenvalue weighted by molar-refractivity contribution is 5.84. The first-order valence-corrected chi connectivity index (χ1v) is 6.27. The van der Waals surface area contributed by atoms with Gasteiger partial charge in [-0.05, 0) is 31.9 Å². The van der Waals surface area contributed by atoms with Gasteiger partial charge in [0.1, 0.15) is 5.76 Å². The maximum atomic E-state index is 11.9. The van der Waals surface area contributed by atoms with Crippen LogP contribution >= 0.6 is 0 Å². The Labute approximate surface area is 110 Å². The summed E-state index contributed by atoms with van der Waals surface area (Å²) in [5.41, 5.74) is 0. The molecule has 0 unspecified atom stereocenters. The molecular weight excluding hydrogens is 250 g/mol. The van der Waals surface area contributed by atoms with E-state index in [-0.39, 0.29) is 30.2 Å². The number of carbonyl (C=O) groups is 2. The van der Waals surface area contributed by atoms with Gasteiger partial charge in [-0.3, -0.25) is 4.79 Å². The van der Waals surface area contributed by atoms with Crippen molar-refractivity contribution in [3.05, 3.63) is 23.7 Å². The number of rotatable bonds is 4. The summed E-state index contributed by atoms with van der Waals surface area (Å²) in [5, 5.41) is 11.5. The van der Waals surface area contributed by atoms with Gasteiger partial charge in [-0.1, -0.05) is 0 Å². The van der Waals surface area contributed by atoms with Crippen molar-refractivity contribution in [2.45, 2.75) is 32.4 Å². The number of nitrogens with one attached hydrogen (secondary N) is 1. The van der Waals surface area contributed by atoms with Crippen LogP contribution in [0, 0.1) is 5.92 Å². The standard InChI is InChI=1S/C13H17NO5/c1-8-6-9(4-5-18-8)12(15)14-7-10-2-3-11(19-10)13(16)17/h2-3,8-9H,4-7H2,1H3,(H,14,15)(H,16,17)/t8-,9+/m1/s1. The van der Waals surface area contributed by atoms with Crippen LogP contribution in [-0.2, 0) is 16.1 Å². The number of furan rings is 1. The van der Waals surface area contributed by atoms with E-state index in [2.05, 4.69) is 5.32 Å². The fourth-order valence-electron chi connectivity index (χ4n) is 2.14. The number of amides is 1. The van der Waals surface area contributed by atoms with Crippen molar-refractivity contribution in [2.24, 2.45) is 5.92 Å². The lowest BCUT2D eigenvalue weighted by Gasteiger charge is -2.26. The van der Waals surface area contributed by atoms with Crippen LogP contribution in [0.25, 0.3) is 0 Å². The highest BCUT2D eigenvalue weighted by Crippen LogP contribution is 2.20. The van der Waals surface area contributed by atoms with E-state index >= 15 is 0 Å². The van der Waals surface area contributed by atoms with Gasteiger partial charge in [0.15, 0.2) is 0 Å². The molecule has 2 heterocycles. The third-order valence-corrected chi connectivity index (χ3v) is 3.17. The zero-order valence-corrected chi connectivity index (χ0v) is 10.7. The van der Waals surface area contributed by atoms with Gasteiger partial charge in [-0.25, -0.2) is 4.79 Å². The van der Waals surface area contributed by atoms with Crippen molar-refractivity contribution in [2.75, 3.05) is 6.61 Å². The molecule has 1 aromatic heterocycles. The number of aromatic carboxylic acids is 1. The predicted octanol–water partition coefficient (Wildman–Crippen LogP) is 1.41. The Kier molecular flexibility index (Phi) is 4.21.